The van der Waals surface area contributed by atoms with E-state index in [-0.39, 0.29) is 0 Å². The highest BCUT2D eigenvalue weighted by Gasteiger charge is 2.11. The molecule has 0 saturated carbocycles. The molecule has 194 valence electrons. The summed E-state index contributed by atoms with van der Waals surface area (Å²) >= 11 is 0. The summed E-state index contributed by atoms with van der Waals surface area (Å²) in [4.78, 5) is 0. The van der Waals surface area contributed by atoms with Crippen LogP contribution in [0.5, 0.6) is 0 Å². The van der Waals surface area contributed by atoms with Gasteiger partial charge in [-0.25, -0.2) is 9.13 Å². The van der Waals surface area contributed by atoms with Gasteiger partial charge < -0.3 is 0 Å². The van der Waals surface area contributed by atoms with Crippen LogP contribution in [0.25, 0.3) is 0 Å². The van der Waals surface area contributed by atoms with Crippen LogP contribution in [-0.2, 0) is 6.54 Å². The van der Waals surface area contributed by atoms with Gasteiger partial charge in [0.05, 0.1) is 12.6 Å². The molecular weight excluding hydrogens is 400 g/mol. The van der Waals surface area contributed by atoms with E-state index in [0.717, 1.165) is 0 Å². The summed E-state index contributed by atoms with van der Waals surface area (Å²) < 4.78 is 4.85. The highest BCUT2D eigenvalue weighted by Crippen LogP contribution is 2.17. The quantitative estimate of drug-likeness (QED) is 0.101. The van der Waals surface area contributed by atoms with E-state index in [4.69, 9.17) is 0 Å². The van der Waals surface area contributed by atoms with Crippen molar-refractivity contribution in [3.63, 3.8) is 0 Å². The van der Waals surface area contributed by atoms with Gasteiger partial charge in [0.25, 0.3) is 0 Å². The fourth-order valence-corrected chi connectivity index (χ4v) is 5.02. The SMILES string of the molecule is CCCCCCCCCCCCCCC(C)n1cc[n+](CCCCCCCCCCCC)c1. The maximum absolute atomic E-state index is 2.44. The van der Waals surface area contributed by atoms with Crippen molar-refractivity contribution in [2.75, 3.05) is 0 Å². The molecule has 1 unspecified atom stereocenters. The lowest BCUT2D eigenvalue weighted by molar-refractivity contribution is -0.697. The summed E-state index contributed by atoms with van der Waals surface area (Å²) in [6, 6.07) is 0.641. The largest absolute Gasteiger partial charge is 0.243 e. The van der Waals surface area contributed by atoms with Gasteiger partial charge in [-0.15, -0.1) is 0 Å². The lowest BCUT2D eigenvalue weighted by Crippen LogP contribution is -2.31. The van der Waals surface area contributed by atoms with Gasteiger partial charge >= 0.3 is 0 Å². The third-order valence-corrected chi connectivity index (χ3v) is 7.47. The van der Waals surface area contributed by atoms with Crippen LogP contribution in [0.15, 0.2) is 18.7 Å². The maximum atomic E-state index is 2.44. The van der Waals surface area contributed by atoms with Crippen molar-refractivity contribution in [1.82, 2.24) is 4.57 Å². The fourth-order valence-electron chi connectivity index (χ4n) is 5.02. The monoisotopic (exact) mass is 461 g/mol. The molecule has 0 saturated heterocycles. The van der Waals surface area contributed by atoms with E-state index in [1.807, 2.05) is 0 Å². The average Bonchev–Trinajstić information content (AvgIpc) is 3.30. The van der Waals surface area contributed by atoms with Crippen LogP contribution in [0.4, 0.5) is 0 Å². The standard InChI is InChI=1S/C31H61N2/c1-4-6-8-10-12-14-16-17-18-20-22-24-26-31(3)33-29-28-32(30-33)27-25-23-21-19-15-13-11-9-7-5-2/h28-31H,4-27H2,1-3H3/q+1. The second kappa shape index (κ2) is 23.0. The van der Waals surface area contributed by atoms with Gasteiger partial charge in [-0.3, -0.25) is 0 Å². The minimum absolute atomic E-state index is 0.641. The highest BCUT2D eigenvalue weighted by molar-refractivity contribution is 4.72. The molecule has 0 spiro atoms. The molecule has 0 aliphatic rings. The van der Waals surface area contributed by atoms with Gasteiger partial charge in [0.15, 0.2) is 0 Å². The topological polar surface area (TPSA) is 8.81 Å². The molecule has 0 amide bonds. The molecule has 0 aromatic carbocycles. The number of hydrogen-bond acceptors (Lipinski definition) is 0. The summed E-state index contributed by atoms with van der Waals surface area (Å²) in [5.74, 6) is 0. The first kappa shape index (κ1) is 30.2. The molecule has 33 heavy (non-hydrogen) atoms. The lowest BCUT2D eigenvalue weighted by atomic mass is 10.0. The first-order chi connectivity index (χ1) is 16.3. The Bertz CT molecular complexity index is 507. The summed E-state index contributed by atoms with van der Waals surface area (Å²) in [6.07, 6.45) is 39.7. The van der Waals surface area contributed by atoms with E-state index in [1.165, 1.54) is 154 Å². The van der Waals surface area contributed by atoms with Gasteiger partial charge in [0.2, 0.25) is 6.33 Å². The van der Waals surface area contributed by atoms with Crippen LogP contribution in [0.3, 0.4) is 0 Å². The zero-order valence-corrected chi connectivity index (χ0v) is 23.2. The third-order valence-electron chi connectivity index (χ3n) is 7.47. The Morgan fingerprint density at radius 2 is 0.939 bits per heavy atom. The minimum atomic E-state index is 0.641. The van der Waals surface area contributed by atoms with Crippen molar-refractivity contribution in [1.29, 1.82) is 0 Å². The molecule has 1 heterocycles. The molecular formula is C31H61N2+. The van der Waals surface area contributed by atoms with Crippen molar-refractivity contribution < 1.29 is 4.57 Å². The Balaban J connectivity index is 1.93. The summed E-state index contributed by atoms with van der Waals surface area (Å²) in [7, 11) is 0. The van der Waals surface area contributed by atoms with Crippen molar-refractivity contribution in [3.05, 3.63) is 18.7 Å². The summed E-state index contributed by atoms with van der Waals surface area (Å²) in [6.45, 7) is 8.18. The highest BCUT2D eigenvalue weighted by atomic mass is 15.1. The third kappa shape index (κ3) is 18.2. The zero-order valence-electron chi connectivity index (χ0n) is 23.2. The van der Waals surface area contributed by atoms with Crippen LogP contribution in [0, 0.1) is 0 Å². The Morgan fingerprint density at radius 1 is 0.545 bits per heavy atom. The first-order valence-corrected chi connectivity index (χ1v) is 15.3. The van der Waals surface area contributed by atoms with Gasteiger partial charge in [-0.05, 0) is 32.6 Å². The van der Waals surface area contributed by atoms with Crippen molar-refractivity contribution >= 4 is 0 Å². The number of rotatable bonds is 25. The molecule has 2 nitrogen and oxygen atoms in total. The second-order valence-electron chi connectivity index (χ2n) is 10.8. The van der Waals surface area contributed by atoms with Gasteiger partial charge in [-0.2, -0.15) is 0 Å². The molecule has 0 aliphatic heterocycles. The maximum Gasteiger partial charge on any atom is 0.243 e. The Kier molecular flexibility index (Phi) is 21.1. The number of hydrogen-bond donors (Lipinski definition) is 0. The number of nitrogens with zero attached hydrogens (tertiary/aromatic N) is 2. The summed E-state index contributed by atoms with van der Waals surface area (Å²) in [5.41, 5.74) is 0. The van der Waals surface area contributed by atoms with Crippen LogP contribution in [0.1, 0.15) is 174 Å². The molecule has 0 fully saturated rings. The second-order valence-corrected chi connectivity index (χ2v) is 10.8. The van der Waals surface area contributed by atoms with E-state index in [0.29, 0.717) is 6.04 Å². The molecule has 1 atom stereocenters. The van der Waals surface area contributed by atoms with E-state index in [9.17, 15) is 0 Å². The molecule has 0 aliphatic carbocycles. The Hall–Kier alpha value is -0.790. The molecule has 0 N–H and O–H groups in total. The van der Waals surface area contributed by atoms with E-state index >= 15 is 0 Å². The van der Waals surface area contributed by atoms with Crippen molar-refractivity contribution in [3.8, 4) is 0 Å². The van der Waals surface area contributed by atoms with Crippen molar-refractivity contribution in [2.24, 2.45) is 0 Å². The van der Waals surface area contributed by atoms with Crippen LogP contribution >= 0.6 is 0 Å². The van der Waals surface area contributed by atoms with Gasteiger partial charge in [0, 0.05) is 0 Å². The van der Waals surface area contributed by atoms with E-state index in [2.05, 4.69) is 48.6 Å². The molecule has 0 bridgehead atoms. The molecule has 1 rings (SSSR count). The fraction of sp³-hybridized carbons (Fsp3) is 0.903. The lowest BCUT2D eigenvalue weighted by Gasteiger charge is -2.08. The number of aryl methyl sites for hydroxylation is 1. The Morgan fingerprint density at radius 3 is 1.39 bits per heavy atom. The molecule has 2 heteroatoms. The molecule has 1 aromatic heterocycles. The van der Waals surface area contributed by atoms with Crippen LogP contribution in [-0.4, -0.2) is 4.57 Å². The average molecular weight is 462 g/mol. The van der Waals surface area contributed by atoms with Crippen LogP contribution < -0.4 is 4.57 Å². The predicted octanol–water partition coefficient (Wildman–Crippen LogP) is 10.3. The zero-order chi connectivity index (χ0) is 23.8. The number of unbranched alkanes of at least 4 members (excludes halogenated alkanes) is 20. The van der Waals surface area contributed by atoms with Crippen LogP contribution in [0.2, 0.25) is 0 Å². The minimum Gasteiger partial charge on any atom is -0.237 e. The van der Waals surface area contributed by atoms with Gasteiger partial charge in [0.1, 0.15) is 12.4 Å². The smallest absolute Gasteiger partial charge is 0.237 e. The van der Waals surface area contributed by atoms with E-state index < -0.39 is 0 Å². The molecule has 1 aromatic rings. The predicted molar refractivity (Wildman–Crippen MR) is 147 cm³/mol. The normalized spacial score (nSPS) is 12.5. The van der Waals surface area contributed by atoms with E-state index in [1.54, 1.807) is 0 Å². The first-order valence-electron chi connectivity index (χ1n) is 15.3. The number of aromatic nitrogens is 2. The Labute approximate surface area is 208 Å². The van der Waals surface area contributed by atoms with Gasteiger partial charge in [-0.1, -0.05) is 136 Å². The number of imidazole rings is 1. The summed E-state index contributed by atoms with van der Waals surface area (Å²) in [5, 5.41) is 0. The molecule has 0 radical (unpaired) electrons. The van der Waals surface area contributed by atoms with Crippen molar-refractivity contribution in [2.45, 2.75) is 181 Å².